The highest BCUT2D eigenvalue weighted by Crippen LogP contribution is 2.24. The zero-order chi connectivity index (χ0) is 8.27. The van der Waals surface area contributed by atoms with Gasteiger partial charge in [-0.25, -0.2) is 0 Å². The Balaban J connectivity index is 2.33. The van der Waals surface area contributed by atoms with Crippen LogP contribution in [0.25, 0.3) is 0 Å². The molecule has 1 aliphatic heterocycles. The predicted octanol–water partition coefficient (Wildman–Crippen LogP) is 1.57. The zero-order valence-electron chi connectivity index (χ0n) is 7.42. The average Bonchev–Trinajstić information content (AvgIpc) is 2.36. The number of hydrogen-bond donors (Lipinski definition) is 1. The molecule has 2 heteroatoms. The average molecular weight is 158 g/mol. The summed E-state index contributed by atoms with van der Waals surface area (Å²) in [6.07, 6.45) is 2.88. The highest BCUT2D eigenvalue weighted by Gasteiger charge is 2.29. The van der Waals surface area contributed by atoms with Crippen LogP contribution in [0, 0.1) is 5.92 Å². The lowest BCUT2D eigenvalue weighted by molar-refractivity contribution is -0.0202. The number of aliphatic hydroxyl groups excluding tert-OH is 1. The molecule has 0 saturated carbocycles. The summed E-state index contributed by atoms with van der Waals surface area (Å²) in [6, 6.07) is 0. The van der Waals surface area contributed by atoms with Crippen LogP contribution < -0.4 is 0 Å². The second kappa shape index (κ2) is 4.07. The second-order valence-corrected chi connectivity index (χ2v) is 3.46. The van der Waals surface area contributed by atoms with Gasteiger partial charge in [0.05, 0.1) is 12.2 Å². The third kappa shape index (κ3) is 2.17. The molecular weight excluding hydrogens is 140 g/mol. The molecule has 0 amide bonds. The molecule has 0 aliphatic carbocycles. The molecule has 1 aliphatic rings. The van der Waals surface area contributed by atoms with Crippen LogP contribution in [-0.4, -0.2) is 23.9 Å². The summed E-state index contributed by atoms with van der Waals surface area (Å²) in [4.78, 5) is 0. The maximum absolute atomic E-state index is 9.59. The lowest BCUT2D eigenvalue weighted by Gasteiger charge is -2.20. The molecule has 3 unspecified atom stereocenters. The normalized spacial score (nSPS) is 34.1. The molecule has 11 heavy (non-hydrogen) atoms. The summed E-state index contributed by atoms with van der Waals surface area (Å²) in [5.41, 5.74) is 0. The quantitative estimate of drug-likeness (QED) is 0.675. The number of aliphatic hydroxyl groups is 1. The molecule has 0 aromatic rings. The van der Waals surface area contributed by atoms with Gasteiger partial charge in [0.2, 0.25) is 0 Å². The molecule has 1 heterocycles. The van der Waals surface area contributed by atoms with E-state index < -0.39 is 0 Å². The first kappa shape index (κ1) is 9.01. The molecule has 2 nitrogen and oxygen atoms in total. The molecule has 1 fully saturated rings. The first-order valence-corrected chi connectivity index (χ1v) is 4.55. The lowest BCUT2D eigenvalue weighted by Crippen LogP contribution is -2.29. The van der Waals surface area contributed by atoms with E-state index in [0.717, 1.165) is 25.9 Å². The molecule has 0 aromatic heterocycles. The van der Waals surface area contributed by atoms with Crippen molar-refractivity contribution in [3.8, 4) is 0 Å². The summed E-state index contributed by atoms with van der Waals surface area (Å²) < 4.78 is 5.43. The van der Waals surface area contributed by atoms with Crippen molar-refractivity contribution >= 4 is 0 Å². The molecule has 0 aromatic carbocycles. The van der Waals surface area contributed by atoms with Crippen molar-refractivity contribution in [3.05, 3.63) is 0 Å². The van der Waals surface area contributed by atoms with Gasteiger partial charge in [-0.2, -0.15) is 0 Å². The standard InChI is InChI=1S/C9H18O2/c1-3-4-8(10)9-7(2)5-6-11-9/h7-10H,3-6H2,1-2H3. The van der Waals surface area contributed by atoms with Crippen LogP contribution in [-0.2, 0) is 4.74 Å². The smallest absolute Gasteiger partial charge is 0.0860 e. The zero-order valence-corrected chi connectivity index (χ0v) is 7.42. The largest absolute Gasteiger partial charge is 0.390 e. The van der Waals surface area contributed by atoms with Gasteiger partial charge in [0.1, 0.15) is 0 Å². The van der Waals surface area contributed by atoms with E-state index in [1.165, 1.54) is 0 Å². The van der Waals surface area contributed by atoms with Crippen LogP contribution in [0.2, 0.25) is 0 Å². The first-order chi connectivity index (χ1) is 5.25. The van der Waals surface area contributed by atoms with Crippen molar-refractivity contribution < 1.29 is 9.84 Å². The lowest BCUT2D eigenvalue weighted by atomic mass is 9.97. The van der Waals surface area contributed by atoms with Gasteiger partial charge in [0.25, 0.3) is 0 Å². The first-order valence-electron chi connectivity index (χ1n) is 4.55. The minimum atomic E-state index is -0.238. The Hall–Kier alpha value is -0.0800. The van der Waals surface area contributed by atoms with E-state index in [0.29, 0.717) is 5.92 Å². The van der Waals surface area contributed by atoms with E-state index in [4.69, 9.17) is 4.74 Å². The van der Waals surface area contributed by atoms with E-state index in [2.05, 4.69) is 13.8 Å². The SMILES string of the molecule is CCCC(O)C1OCCC1C. The maximum atomic E-state index is 9.59. The number of hydrogen-bond acceptors (Lipinski definition) is 2. The molecular formula is C9H18O2. The van der Waals surface area contributed by atoms with E-state index in [-0.39, 0.29) is 12.2 Å². The van der Waals surface area contributed by atoms with Gasteiger partial charge in [0.15, 0.2) is 0 Å². The topological polar surface area (TPSA) is 29.5 Å². The van der Waals surface area contributed by atoms with Crippen LogP contribution >= 0.6 is 0 Å². The fraction of sp³-hybridized carbons (Fsp3) is 1.00. The van der Waals surface area contributed by atoms with Gasteiger partial charge in [-0.1, -0.05) is 20.3 Å². The highest BCUT2D eigenvalue weighted by atomic mass is 16.5. The van der Waals surface area contributed by atoms with Crippen molar-refractivity contribution in [1.29, 1.82) is 0 Å². The van der Waals surface area contributed by atoms with Crippen molar-refractivity contribution in [2.75, 3.05) is 6.61 Å². The van der Waals surface area contributed by atoms with Gasteiger partial charge < -0.3 is 9.84 Å². The van der Waals surface area contributed by atoms with Gasteiger partial charge in [-0.05, 0) is 18.8 Å². The molecule has 0 spiro atoms. The molecule has 0 bridgehead atoms. The van der Waals surface area contributed by atoms with Crippen molar-refractivity contribution in [2.45, 2.75) is 45.3 Å². The summed E-state index contributed by atoms with van der Waals surface area (Å²) in [5, 5.41) is 9.59. The van der Waals surface area contributed by atoms with Crippen molar-refractivity contribution in [3.63, 3.8) is 0 Å². The van der Waals surface area contributed by atoms with E-state index in [9.17, 15) is 5.11 Å². The second-order valence-electron chi connectivity index (χ2n) is 3.46. The Kier molecular flexibility index (Phi) is 3.34. The van der Waals surface area contributed by atoms with Gasteiger partial charge in [-0.3, -0.25) is 0 Å². The molecule has 0 radical (unpaired) electrons. The van der Waals surface area contributed by atoms with Gasteiger partial charge in [0, 0.05) is 6.61 Å². The molecule has 1 saturated heterocycles. The van der Waals surface area contributed by atoms with Gasteiger partial charge >= 0.3 is 0 Å². The van der Waals surface area contributed by atoms with Crippen molar-refractivity contribution in [1.82, 2.24) is 0 Å². The maximum Gasteiger partial charge on any atom is 0.0860 e. The summed E-state index contributed by atoms with van der Waals surface area (Å²) in [6.45, 7) is 5.06. The number of rotatable bonds is 3. The van der Waals surface area contributed by atoms with E-state index in [1.807, 2.05) is 0 Å². The third-order valence-electron chi connectivity index (χ3n) is 2.41. The van der Waals surface area contributed by atoms with Crippen LogP contribution in [0.5, 0.6) is 0 Å². The minimum Gasteiger partial charge on any atom is -0.390 e. The predicted molar refractivity (Wildman–Crippen MR) is 44.4 cm³/mol. The minimum absolute atomic E-state index is 0.106. The summed E-state index contributed by atoms with van der Waals surface area (Å²) in [5.74, 6) is 0.538. The molecule has 66 valence electrons. The fourth-order valence-corrected chi connectivity index (χ4v) is 1.67. The van der Waals surface area contributed by atoms with Gasteiger partial charge in [-0.15, -0.1) is 0 Å². The van der Waals surface area contributed by atoms with Crippen LogP contribution in [0.4, 0.5) is 0 Å². The Morgan fingerprint density at radius 2 is 2.36 bits per heavy atom. The van der Waals surface area contributed by atoms with Crippen molar-refractivity contribution in [2.24, 2.45) is 5.92 Å². The summed E-state index contributed by atoms with van der Waals surface area (Å²) >= 11 is 0. The van der Waals surface area contributed by atoms with Crippen LogP contribution in [0.3, 0.4) is 0 Å². The summed E-state index contributed by atoms with van der Waals surface area (Å²) in [7, 11) is 0. The Morgan fingerprint density at radius 3 is 2.82 bits per heavy atom. The third-order valence-corrected chi connectivity index (χ3v) is 2.41. The Bertz CT molecular complexity index is 114. The van der Waals surface area contributed by atoms with Crippen LogP contribution in [0.1, 0.15) is 33.1 Å². The fourth-order valence-electron chi connectivity index (χ4n) is 1.67. The Morgan fingerprint density at radius 1 is 1.64 bits per heavy atom. The van der Waals surface area contributed by atoms with E-state index in [1.54, 1.807) is 0 Å². The van der Waals surface area contributed by atoms with Crippen LogP contribution in [0.15, 0.2) is 0 Å². The molecule has 3 atom stereocenters. The highest BCUT2D eigenvalue weighted by molar-refractivity contribution is 4.78. The molecule has 1 N–H and O–H groups in total. The van der Waals surface area contributed by atoms with E-state index >= 15 is 0 Å². The number of ether oxygens (including phenoxy) is 1. The monoisotopic (exact) mass is 158 g/mol. The molecule has 1 rings (SSSR count). The Labute approximate surface area is 68.6 Å².